The van der Waals surface area contributed by atoms with Gasteiger partial charge in [-0.1, -0.05) is 18.2 Å². The third-order valence-corrected chi connectivity index (χ3v) is 8.28. The first-order valence-corrected chi connectivity index (χ1v) is 14.3. The average molecular weight is 640 g/mol. The van der Waals surface area contributed by atoms with Gasteiger partial charge in [0.15, 0.2) is 11.0 Å². The second kappa shape index (κ2) is 11.3. The molecule has 13 heteroatoms. The van der Waals surface area contributed by atoms with E-state index in [9.17, 15) is 39.9 Å². The van der Waals surface area contributed by atoms with Crippen LogP contribution in [0.25, 0.3) is 11.1 Å². The van der Waals surface area contributed by atoms with E-state index >= 15 is 0 Å². The van der Waals surface area contributed by atoms with Gasteiger partial charge in [-0.3, -0.25) is 9.59 Å². The second-order valence-electron chi connectivity index (χ2n) is 10.6. The minimum absolute atomic E-state index is 0.00682. The molecule has 0 bridgehead atoms. The van der Waals surface area contributed by atoms with Crippen molar-refractivity contribution in [2.24, 2.45) is 10.2 Å². The number of thiol groups is 1. The van der Waals surface area contributed by atoms with Crippen LogP contribution in [0.15, 0.2) is 52.7 Å². The number of para-hydroxylation sites is 1. The number of phenolic OH excluding ortho intramolecular Hbond substituents is 3. The molecule has 0 atom stereocenters. The zero-order valence-electron chi connectivity index (χ0n) is 24.2. The van der Waals surface area contributed by atoms with E-state index in [0.29, 0.717) is 11.3 Å². The number of rotatable bonds is 5. The van der Waals surface area contributed by atoms with Crippen LogP contribution >= 0.6 is 12.6 Å². The number of aromatic hydroxyl groups is 4. The zero-order chi connectivity index (χ0) is 33.0. The van der Waals surface area contributed by atoms with E-state index in [1.54, 1.807) is 12.1 Å². The summed E-state index contributed by atoms with van der Waals surface area (Å²) in [6, 6.07) is 11.6. The van der Waals surface area contributed by atoms with Gasteiger partial charge < -0.3 is 35.6 Å². The van der Waals surface area contributed by atoms with Crippen molar-refractivity contribution in [2.45, 2.75) is 19.8 Å². The van der Waals surface area contributed by atoms with Crippen LogP contribution in [0.4, 0.5) is 5.69 Å². The fraction of sp³-hybridized carbons (Fsp3) is 0.121. The molecule has 0 saturated heterocycles. The van der Waals surface area contributed by atoms with Crippen molar-refractivity contribution in [3.05, 3.63) is 92.5 Å². The van der Waals surface area contributed by atoms with Gasteiger partial charge in [0, 0.05) is 39.1 Å². The normalized spacial score (nSPS) is 13.6. The van der Waals surface area contributed by atoms with E-state index in [1.165, 1.54) is 20.1 Å². The molecule has 0 spiro atoms. The van der Waals surface area contributed by atoms with Crippen LogP contribution in [-0.4, -0.2) is 61.6 Å². The average Bonchev–Trinajstić information content (AvgIpc) is 3.02. The molecule has 4 aromatic carbocycles. The van der Waals surface area contributed by atoms with Crippen molar-refractivity contribution >= 4 is 47.2 Å². The number of benzene rings is 4. The Morgan fingerprint density at radius 2 is 1.63 bits per heavy atom. The van der Waals surface area contributed by atoms with Crippen molar-refractivity contribution in [1.29, 1.82) is 0 Å². The smallest absolute Gasteiger partial charge is 0.340 e. The van der Waals surface area contributed by atoms with E-state index in [2.05, 4.69) is 28.1 Å². The number of carboxylic acids is 1. The molecule has 12 nitrogen and oxygen atoms in total. The highest BCUT2D eigenvalue weighted by Crippen LogP contribution is 2.54. The lowest BCUT2D eigenvalue weighted by molar-refractivity contribution is 0.0693. The van der Waals surface area contributed by atoms with E-state index in [1.807, 2.05) is 18.2 Å². The predicted octanol–water partition coefficient (Wildman–Crippen LogP) is 4.80. The number of carbonyl (C=O) groups excluding carboxylic acids is 2. The number of ether oxygens (including phenoxy) is 1. The summed E-state index contributed by atoms with van der Waals surface area (Å²) >= 11 is 4.24. The maximum absolute atomic E-state index is 13.8. The molecule has 46 heavy (non-hydrogen) atoms. The van der Waals surface area contributed by atoms with Crippen molar-refractivity contribution in [2.75, 3.05) is 12.4 Å². The molecule has 4 aromatic rings. The third-order valence-electron chi connectivity index (χ3n) is 8.08. The Kier molecular flexibility index (Phi) is 7.40. The fourth-order valence-corrected chi connectivity index (χ4v) is 6.17. The number of aromatic carboxylic acids is 1. The molecule has 2 aliphatic carbocycles. The number of fused-ring (bicyclic) bond motifs is 5. The van der Waals surface area contributed by atoms with E-state index in [-0.39, 0.29) is 68.3 Å². The van der Waals surface area contributed by atoms with Crippen LogP contribution in [0, 0.1) is 6.92 Å². The predicted molar refractivity (Wildman–Crippen MR) is 172 cm³/mol. The van der Waals surface area contributed by atoms with Gasteiger partial charge in [-0.05, 0) is 49.6 Å². The minimum atomic E-state index is -1.50. The summed E-state index contributed by atoms with van der Waals surface area (Å²) in [5.41, 5.74) is -0.709. The fourth-order valence-electron chi connectivity index (χ4n) is 5.99. The molecule has 6 N–H and O–H groups in total. The summed E-state index contributed by atoms with van der Waals surface area (Å²) in [4.78, 5) is 40.0. The molecule has 6 rings (SSSR count). The number of amidine groups is 1. The molecule has 0 fully saturated rings. The number of anilines is 1. The summed E-state index contributed by atoms with van der Waals surface area (Å²) in [6.45, 7) is 1.38. The van der Waals surface area contributed by atoms with Gasteiger partial charge in [0.2, 0.25) is 5.78 Å². The number of carbonyl (C=O) groups is 3. The number of carboxylic acid groups (broad SMARTS) is 1. The Morgan fingerprint density at radius 1 is 0.913 bits per heavy atom. The van der Waals surface area contributed by atoms with Gasteiger partial charge >= 0.3 is 5.97 Å². The molecule has 0 radical (unpaired) electrons. The lowest BCUT2D eigenvalue weighted by atomic mass is 9.74. The molecular weight excluding hydrogens is 614 g/mol. The number of nitrogens with zero attached hydrogens (tertiary/aromatic N) is 2. The van der Waals surface area contributed by atoms with Gasteiger partial charge in [0.25, 0.3) is 0 Å². The zero-order valence-corrected chi connectivity index (χ0v) is 25.1. The highest BCUT2D eigenvalue weighted by Gasteiger charge is 2.42. The van der Waals surface area contributed by atoms with Crippen molar-refractivity contribution in [3.63, 3.8) is 0 Å². The van der Waals surface area contributed by atoms with Gasteiger partial charge in [-0.15, -0.1) is 17.7 Å². The van der Waals surface area contributed by atoms with Crippen LogP contribution in [-0.2, 0) is 12.8 Å². The monoisotopic (exact) mass is 639 g/mol. The molecular formula is C33H25N3O9S. The first-order valence-electron chi connectivity index (χ1n) is 13.8. The van der Waals surface area contributed by atoms with Crippen LogP contribution in [0.5, 0.6) is 28.7 Å². The molecule has 0 saturated carbocycles. The largest absolute Gasteiger partial charge is 0.508 e. The number of hydrogen-bond donors (Lipinski definition) is 7. The van der Waals surface area contributed by atoms with Gasteiger partial charge in [-0.2, -0.15) is 5.10 Å². The third kappa shape index (κ3) is 4.59. The summed E-state index contributed by atoms with van der Waals surface area (Å²) in [5.74, 6) is -5.65. The maximum Gasteiger partial charge on any atom is 0.340 e. The first kappa shape index (κ1) is 30.2. The standard InChI is InChI=1S/C33H25N3O9S/c1-13-19(37)11-18-23(26(13)38)30(42)25-24(27(18)39)29(41)22-17(31(25)45-2)9-8-14-10-15(21(32(43)44)28(40)20(14)22)12-34-36-33(46)35-16-6-4-3-5-7-16/h3-7,10-12,37-38,40-41H,8-9H2,1-2H3,(H,43,44)(H2,35,36,46)/b34-12+. The number of hydrogen-bond acceptors (Lipinski definition) is 10. The molecule has 232 valence electrons. The van der Waals surface area contributed by atoms with Crippen molar-refractivity contribution < 1.29 is 44.7 Å². The Morgan fingerprint density at radius 3 is 2.30 bits per heavy atom. The summed E-state index contributed by atoms with van der Waals surface area (Å²) in [7, 11) is 1.27. The van der Waals surface area contributed by atoms with Crippen molar-refractivity contribution in [1.82, 2.24) is 0 Å². The Balaban J connectivity index is 1.52. The molecule has 0 aliphatic heterocycles. The topological polar surface area (TPSA) is 198 Å². The lowest BCUT2D eigenvalue weighted by Crippen LogP contribution is -2.24. The van der Waals surface area contributed by atoms with Crippen molar-refractivity contribution in [3.8, 4) is 39.9 Å². The molecule has 0 amide bonds. The second-order valence-corrected chi connectivity index (χ2v) is 11.0. The van der Waals surface area contributed by atoms with E-state index < -0.39 is 51.7 Å². The lowest BCUT2D eigenvalue weighted by Gasteiger charge is -2.30. The van der Waals surface area contributed by atoms with Crippen LogP contribution in [0.2, 0.25) is 0 Å². The quantitative estimate of drug-likeness (QED) is 0.0607. The van der Waals surface area contributed by atoms with Gasteiger partial charge in [-0.25, -0.2) is 4.79 Å². The van der Waals surface area contributed by atoms with Crippen LogP contribution in [0.1, 0.15) is 64.5 Å². The first-order chi connectivity index (χ1) is 22.0. The number of aryl methyl sites for hydroxylation is 1. The van der Waals surface area contributed by atoms with Gasteiger partial charge in [0.1, 0.15) is 34.3 Å². The molecule has 0 unspecified atom stereocenters. The van der Waals surface area contributed by atoms with E-state index in [4.69, 9.17) is 4.74 Å². The highest BCUT2D eigenvalue weighted by molar-refractivity contribution is 7.97. The Bertz CT molecular complexity index is 2090. The van der Waals surface area contributed by atoms with E-state index in [0.717, 1.165) is 12.3 Å². The Labute approximate surface area is 266 Å². The van der Waals surface area contributed by atoms with Crippen LogP contribution < -0.4 is 10.1 Å². The highest BCUT2D eigenvalue weighted by atomic mass is 32.1. The summed E-state index contributed by atoms with van der Waals surface area (Å²) in [5, 5.41) is 65.0. The molecule has 2 aliphatic rings. The molecule has 0 aromatic heterocycles. The Hall–Kier alpha value is -5.82. The van der Waals surface area contributed by atoms with Gasteiger partial charge in [0.05, 0.1) is 30.0 Å². The minimum Gasteiger partial charge on any atom is -0.508 e. The summed E-state index contributed by atoms with van der Waals surface area (Å²) in [6.07, 6.45) is 1.54. The number of ketones is 2. The number of nitrogens with one attached hydrogen (secondary N) is 1. The summed E-state index contributed by atoms with van der Waals surface area (Å²) < 4.78 is 5.61. The SMILES string of the molecule is COc1c2c(c(O)c3c1C(=O)c1c(cc(O)c(C)c1O)C3=O)-c1c(cc(/C=N/N=C(\S)Nc3ccccc3)c(C(=O)O)c1O)CC2. The number of methoxy groups -OCH3 is 1. The maximum atomic E-state index is 13.8. The van der Waals surface area contributed by atoms with Crippen LogP contribution in [0.3, 0.4) is 0 Å². The molecule has 0 heterocycles. The number of phenols is 4.